The molecule has 2 aliphatic rings. The summed E-state index contributed by atoms with van der Waals surface area (Å²) in [6.45, 7) is 6.79. The standard InChI is InChI=1S/C28H35FN2O5/c1-28(2)14-13-19-22(36-28)11-9-20(25(19)34-4)27(32)31(18-17-30-15-7-6-8-16-30)21-10-12-23(33-3)26(35-5)24(21)29/h9-14H,6-8,15-18H2,1-5H3. The van der Waals surface area contributed by atoms with Crippen molar-refractivity contribution in [1.29, 1.82) is 0 Å². The van der Waals surface area contributed by atoms with E-state index >= 15 is 4.39 Å². The number of halogens is 1. The first kappa shape index (κ1) is 25.8. The van der Waals surface area contributed by atoms with Crippen LogP contribution in [0.25, 0.3) is 6.08 Å². The maximum absolute atomic E-state index is 15.7. The molecule has 1 saturated heterocycles. The van der Waals surface area contributed by atoms with E-state index in [1.54, 1.807) is 24.3 Å². The van der Waals surface area contributed by atoms with Gasteiger partial charge in [0.15, 0.2) is 17.3 Å². The molecule has 8 heteroatoms. The van der Waals surface area contributed by atoms with Crippen LogP contribution in [0.15, 0.2) is 30.3 Å². The molecule has 0 spiro atoms. The number of fused-ring (bicyclic) bond motifs is 1. The van der Waals surface area contributed by atoms with Crippen LogP contribution >= 0.6 is 0 Å². The molecule has 7 nitrogen and oxygen atoms in total. The molecule has 2 aromatic rings. The first-order chi connectivity index (χ1) is 17.3. The Morgan fingerprint density at radius 3 is 2.42 bits per heavy atom. The first-order valence-electron chi connectivity index (χ1n) is 12.3. The summed E-state index contributed by atoms with van der Waals surface area (Å²) in [7, 11) is 4.35. The van der Waals surface area contributed by atoms with E-state index in [1.807, 2.05) is 26.0 Å². The monoisotopic (exact) mass is 498 g/mol. The minimum atomic E-state index is -0.647. The molecule has 0 saturated carbocycles. The van der Waals surface area contributed by atoms with Crippen molar-refractivity contribution in [1.82, 2.24) is 4.90 Å². The van der Waals surface area contributed by atoms with E-state index in [4.69, 9.17) is 18.9 Å². The molecule has 4 rings (SSSR count). The molecule has 0 bridgehead atoms. The Morgan fingerprint density at radius 1 is 1.03 bits per heavy atom. The predicted molar refractivity (Wildman–Crippen MR) is 138 cm³/mol. The molecular formula is C28H35FN2O5. The molecule has 0 N–H and O–H groups in total. The van der Waals surface area contributed by atoms with Gasteiger partial charge in [-0.2, -0.15) is 0 Å². The minimum Gasteiger partial charge on any atom is -0.495 e. The molecule has 36 heavy (non-hydrogen) atoms. The van der Waals surface area contributed by atoms with Crippen LogP contribution in [-0.2, 0) is 0 Å². The second-order valence-corrected chi connectivity index (χ2v) is 9.59. The molecule has 194 valence electrons. The average Bonchev–Trinajstić information content (AvgIpc) is 2.88. The number of amides is 1. The highest BCUT2D eigenvalue weighted by molar-refractivity contribution is 6.09. The largest absolute Gasteiger partial charge is 0.495 e. The lowest BCUT2D eigenvalue weighted by atomic mass is 9.99. The summed E-state index contributed by atoms with van der Waals surface area (Å²) in [5.41, 5.74) is 0.679. The van der Waals surface area contributed by atoms with Crippen molar-refractivity contribution < 1.29 is 28.1 Å². The number of benzene rings is 2. The summed E-state index contributed by atoms with van der Waals surface area (Å²) in [5, 5.41) is 0. The Labute approximate surface area is 212 Å². The van der Waals surface area contributed by atoms with Gasteiger partial charge in [0.25, 0.3) is 5.91 Å². The average molecular weight is 499 g/mol. The Morgan fingerprint density at radius 2 is 1.75 bits per heavy atom. The lowest BCUT2D eigenvalue weighted by Gasteiger charge is -2.32. The number of ether oxygens (including phenoxy) is 4. The highest BCUT2D eigenvalue weighted by atomic mass is 19.1. The Hall–Kier alpha value is -3.26. The van der Waals surface area contributed by atoms with E-state index in [2.05, 4.69) is 4.90 Å². The number of methoxy groups -OCH3 is 3. The summed E-state index contributed by atoms with van der Waals surface area (Å²) in [4.78, 5) is 17.8. The molecule has 0 atom stereocenters. The first-order valence-corrected chi connectivity index (χ1v) is 12.3. The van der Waals surface area contributed by atoms with Crippen LogP contribution in [0.2, 0.25) is 0 Å². The Balaban J connectivity index is 1.75. The number of nitrogens with zero attached hydrogens (tertiary/aromatic N) is 2. The SMILES string of the molecule is COc1ccc(N(CCN2CCCCC2)C(=O)c2ccc3c(c2OC)C=CC(C)(C)O3)c(F)c1OC. The smallest absolute Gasteiger partial charge is 0.262 e. The summed E-state index contributed by atoms with van der Waals surface area (Å²) in [6, 6.07) is 6.62. The number of piperidine rings is 1. The number of hydrogen-bond acceptors (Lipinski definition) is 6. The number of carbonyl (C=O) groups is 1. The number of hydrogen-bond donors (Lipinski definition) is 0. The maximum Gasteiger partial charge on any atom is 0.262 e. The van der Waals surface area contributed by atoms with E-state index in [0.29, 0.717) is 35.7 Å². The molecule has 1 amide bonds. The molecule has 2 aliphatic heterocycles. The number of rotatable bonds is 8. The van der Waals surface area contributed by atoms with Crippen molar-refractivity contribution in [2.75, 3.05) is 52.4 Å². The summed E-state index contributed by atoms with van der Waals surface area (Å²) in [6.07, 6.45) is 7.29. The minimum absolute atomic E-state index is 0.0401. The lowest BCUT2D eigenvalue weighted by Crippen LogP contribution is -2.41. The topological polar surface area (TPSA) is 60.5 Å². The van der Waals surface area contributed by atoms with Crippen molar-refractivity contribution in [2.45, 2.75) is 38.7 Å². The van der Waals surface area contributed by atoms with Gasteiger partial charge in [-0.3, -0.25) is 4.79 Å². The van der Waals surface area contributed by atoms with Gasteiger partial charge in [0.1, 0.15) is 17.1 Å². The van der Waals surface area contributed by atoms with Crippen molar-refractivity contribution in [3.63, 3.8) is 0 Å². The number of carbonyl (C=O) groups excluding carboxylic acids is 1. The molecule has 0 radical (unpaired) electrons. The fourth-order valence-electron chi connectivity index (χ4n) is 4.81. The van der Waals surface area contributed by atoms with Gasteiger partial charge in [-0.15, -0.1) is 0 Å². The van der Waals surface area contributed by atoms with Crippen LogP contribution in [-0.4, -0.2) is 63.9 Å². The van der Waals surface area contributed by atoms with Crippen molar-refractivity contribution in [3.8, 4) is 23.0 Å². The van der Waals surface area contributed by atoms with Crippen LogP contribution in [0.3, 0.4) is 0 Å². The molecule has 2 aromatic carbocycles. The van der Waals surface area contributed by atoms with E-state index in [0.717, 1.165) is 25.9 Å². The second kappa shape index (κ2) is 10.8. The lowest BCUT2D eigenvalue weighted by molar-refractivity contribution is 0.0978. The fraction of sp³-hybridized carbons (Fsp3) is 0.464. The summed E-state index contributed by atoms with van der Waals surface area (Å²) in [5.74, 6) is 0.239. The third-order valence-electron chi connectivity index (χ3n) is 6.70. The normalized spacial score (nSPS) is 16.6. The maximum atomic E-state index is 15.7. The predicted octanol–water partition coefficient (Wildman–Crippen LogP) is 5.17. The molecule has 0 aromatic heterocycles. The molecule has 0 aliphatic carbocycles. The van der Waals surface area contributed by atoms with E-state index in [9.17, 15) is 4.79 Å². The third-order valence-corrected chi connectivity index (χ3v) is 6.70. The highest BCUT2D eigenvalue weighted by Crippen LogP contribution is 2.41. The summed E-state index contributed by atoms with van der Waals surface area (Å²) < 4.78 is 38.0. The van der Waals surface area contributed by atoms with Gasteiger partial charge in [0.05, 0.1) is 38.1 Å². The van der Waals surface area contributed by atoms with Gasteiger partial charge in [-0.25, -0.2) is 4.39 Å². The van der Waals surface area contributed by atoms with Gasteiger partial charge in [-0.05, 0) is 76.2 Å². The van der Waals surface area contributed by atoms with Crippen LogP contribution in [0, 0.1) is 5.82 Å². The van der Waals surface area contributed by atoms with Crippen LogP contribution in [0.1, 0.15) is 49.0 Å². The second-order valence-electron chi connectivity index (χ2n) is 9.59. The van der Waals surface area contributed by atoms with Crippen molar-refractivity contribution >= 4 is 17.7 Å². The summed E-state index contributed by atoms with van der Waals surface area (Å²) >= 11 is 0. The highest BCUT2D eigenvalue weighted by Gasteiger charge is 2.31. The zero-order chi connectivity index (χ0) is 25.9. The molecular weight excluding hydrogens is 463 g/mol. The Bertz CT molecular complexity index is 1140. The van der Waals surface area contributed by atoms with Crippen molar-refractivity contribution in [2.24, 2.45) is 0 Å². The molecule has 1 fully saturated rings. The Kier molecular flexibility index (Phi) is 7.73. The zero-order valence-corrected chi connectivity index (χ0v) is 21.7. The van der Waals surface area contributed by atoms with Gasteiger partial charge >= 0.3 is 0 Å². The van der Waals surface area contributed by atoms with E-state index in [-0.39, 0.29) is 23.1 Å². The van der Waals surface area contributed by atoms with Crippen LogP contribution in [0.4, 0.5) is 10.1 Å². The quantitative estimate of drug-likeness (QED) is 0.501. The zero-order valence-electron chi connectivity index (χ0n) is 21.7. The van der Waals surface area contributed by atoms with Crippen LogP contribution < -0.4 is 23.8 Å². The van der Waals surface area contributed by atoms with E-state index in [1.165, 1.54) is 32.7 Å². The van der Waals surface area contributed by atoms with Crippen molar-refractivity contribution in [3.05, 3.63) is 47.3 Å². The fourth-order valence-corrected chi connectivity index (χ4v) is 4.81. The van der Waals surface area contributed by atoms with Gasteiger partial charge in [0.2, 0.25) is 0 Å². The molecule has 0 unspecified atom stereocenters. The number of anilines is 1. The van der Waals surface area contributed by atoms with Gasteiger partial charge in [-0.1, -0.05) is 6.42 Å². The van der Waals surface area contributed by atoms with Gasteiger partial charge < -0.3 is 28.7 Å². The number of likely N-dealkylation sites (tertiary alicyclic amines) is 1. The molecule has 2 heterocycles. The van der Waals surface area contributed by atoms with E-state index < -0.39 is 11.4 Å². The van der Waals surface area contributed by atoms with Gasteiger partial charge in [0, 0.05) is 13.1 Å². The third kappa shape index (κ3) is 5.14. The van der Waals surface area contributed by atoms with Crippen LogP contribution in [0.5, 0.6) is 23.0 Å².